The molecular formula is C12H24N2O3. The average Bonchev–Trinajstić information content (AvgIpc) is 2.25. The molecule has 1 aliphatic rings. The van der Waals surface area contributed by atoms with Crippen LogP contribution in [0.3, 0.4) is 0 Å². The van der Waals surface area contributed by atoms with Crippen LogP contribution in [0, 0.1) is 0 Å². The van der Waals surface area contributed by atoms with Crippen LogP contribution in [-0.4, -0.2) is 72.9 Å². The maximum atomic E-state index is 11.8. The summed E-state index contributed by atoms with van der Waals surface area (Å²) in [6.07, 6.45) is 0.173. The summed E-state index contributed by atoms with van der Waals surface area (Å²) in [4.78, 5) is 15.7. The number of rotatable bonds is 5. The minimum atomic E-state index is -0.926. The number of morpholine rings is 1. The molecule has 0 aromatic rings. The largest absolute Gasteiger partial charge is 0.390 e. The lowest BCUT2D eigenvalue weighted by molar-refractivity contribution is -0.134. The molecule has 0 spiro atoms. The van der Waals surface area contributed by atoms with E-state index in [4.69, 9.17) is 4.74 Å². The van der Waals surface area contributed by atoms with Gasteiger partial charge in [0.15, 0.2) is 0 Å². The molecule has 5 nitrogen and oxygen atoms in total. The second kappa shape index (κ2) is 6.33. The first-order valence-electron chi connectivity index (χ1n) is 6.15. The third-order valence-electron chi connectivity index (χ3n) is 2.86. The third-order valence-corrected chi connectivity index (χ3v) is 2.86. The first-order valence-corrected chi connectivity index (χ1v) is 6.15. The number of aliphatic hydroxyl groups is 1. The lowest BCUT2D eigenvalue weighted by Gasteiger charge is -2.29. The van der Waals surface area contributed by atoms with Crippen molar-refractivity contribution in [1.29, 1.82) is 0 Å². The van der Waals surface area contributed by atoms with Crippen LogP contribution in [0.1, 0.15) is 20.3 Å². The highest BCUT2D eigenvalue weighted by Gasteiger charge is 2.21. The van der Waals surface area contributed by atoms with Gasteiger partial charge in [0.05, 0.1) is 25.2 Å². The van der Waals surface area contributed by atoms with Crippen LogP contribution < -0.4 is 0 Å². The second-order valence-corrected chi connectivity index (χ2v) is 5.26. The fraction of sp³-hybridized carbons (Fsp3) is 0.917. The van der Waals surface area contributed by atoms with Crippen LogP contribution in [0.4, 0.5) is 0 Å². The molecule has 0 aromatic heterocycles. The normalized spacial score (nSPS) is 18.1. The van der Waals surface area contributed by atoms with Gasteiger partial charge in [-0.3, -0.25) is 9.69 Å². The molecule has 0 bridgehead atoms. The Morgan fingerprint density at radius 1 is 1.41 bits per heavy atom. The Hall–Kier alpha value is -0.650. The summed E-state index contributed by atoms with van der Waals surface area (Å²) in [5.74, 6) is -0.00856. The number of ether oxygens (including phenoxy) is 1. The lowest BCUT2D eigenvalue weighted by atomic mass is 10.1. The van der Waals surface area contributed by atoms with Gasteiger partial charge in [-0.1, -0.05) is 0 Å². The summed E-state index contributed by atoms with van der Waals surface area (Å²) in [5, 5.41) is 9.58. The summed E-state index contributed by atoms with van der Waals surface area (Å²) in [7, 11) is 1.79. The molecule has 0 radical (unpaired) electrons. The van der Waals surface area contributed by atoms with Gasteiger partial charge >= 0.3 is 0 Å². The molecule has 0 aromatic carbocycles. The van der Waals surface area contributed by atoms with Gasteiger partial charge in [-0.15, -0.1) is 0 Å². The number of amides is 1. The smallest absolute Gasteiger partial charge is 0.225 e. The highest BCUT2D eigenvalue weighted by Crippen LogP contribution is 2.09. The third kappa shape index (κ3) is 6.00. The fourth-order valence-corrected chi connectivity index (χ4v) is 1.75. The maximum absolute atomic E-state index is 11.8. The predicted octanol–water partition coefficient (Wildman–Crippen LogP) is -0.0620. The van der Waals surface area contributed by atoms with E-state index in [1.807, 2.05) is 0 Å². The van der Waals surface area contributed by atoms with E-state index in [0.717, 1.165) is 32.8 Å². The highest BCUT2D eigenvalue weighted by molar-refractivity contribution is 5.76. The van der Waals surface area contributed by atoms with Crippen LogP contribution >= 0.6 is 0 Å². The number of hydrogen-bond acceptors (Lipinski definition) is 4. The van der Waals surface area contributed by atoms with E-state index in [-0.39, 0.29) is 12.3 Å². The van der Waals surface area contributed by atoms with E-state index in [9.17, 15) is 9.90 Å². The molecule has 5 heteroatoms. The summed E-state index contributed by atoms with van der Waals surface area (Å²) < 4.78 is 5.26. The summed E-state index contributed by atoms with van der Waals surface area (Å²) in [5.41, 5.74) is -0.926. The minimum absolute atomic E-state index is 0.00856. The van der Waals surface area contributed by atoms with Crippen molar-refractivity contribution in [3.05, 3.63) is 0 Å². The molecule has 1 fully saturated rings. The van der Waals surface area contributed by atoms with E-state index >= 15 is 0 Å². The van der Waals surface area contributed by atoms with Crippen molar-refractivity contribution in [3.63, 3.8) is 0 Å². The van der Waals surface area contributed by atoms with Gasteiger partial charge in [-0.25, -0.2) is 0 Å². The van der Waals surface area contributed by atoms with E-state index in [2.05, 4.69) is 4.90 Å². The standard InChI is InChI=1S/C12H24N2O3/c1-12(2,16)10-11(15)13(3)4-5-14-6-8-17-9-7-14/h16H,4-10H2,1-3H3. The molecule has 17 heavy (non-hydrogen) atoms. The Morgan fingerprint density at radius 3 is 2.53 bits per heavy atom. The van der Waals surface area contributed by atoms with Crippen molar-refractivity contribution in [2.24, 2.45) is 0 Å². The SMILES string of the molecule is CN(CCN1CCOCC1)C(=O)CC(C)(C)O. The van der Waals surface area contributed by atoms with Gasteiger partial charge < -0.3 is 14.7 Å². The Balaban J connectivity index is 2.23. The van der Waals surface area contributed by atoms with Gasteiger partial charge in [-0.2, -0.15) is 0 Å². The molecular weight excluding hydrogens is 220 g/mol. The Morgan fingerprint density at radius 2 is 2.00 bits per heavy atom. The molecule has 1 rings (SSSR count). The summed E-state index contributed by atoms with van der Waals surface area (Å²) in [6, 6.07) is 0. The zero-order chi connectivity index (χ0) is 12.9. The van der Waals surface area contributed by atoms with Gasteiger partial charge in [0.1, 0.15) is 0 Å². The van der Waals surface area contributed by atoms with E-state index in [1.165, 1.54) is 0 Å². The van der Waals surface area contributed by atoms with E-state index in [1.54, 1.807) is 25.8 Å². The van der Waals surface area contributed by atoms with Crippen molar-refractivity contribution in [3.8, 4) is 0 Å². The van der Waals surface area contributed by atoms with Crippen LogP contribution in [0.15, 0.2) is 0 Å². The van der Waals surface area contributed by atoms with E-state index in [0.29, 0.717) is 6.54 Å². The molecule has 0 atom stereocenters. The zero-order valence-electron chi connectivity index (χ0n) is 11.1. The van der Waals surface area contributed by atoms with Crippen molar-refractivity contribution < 1.29 is 14.6 Å². The van der Waals surface area contributed by atoms with Gasteiger partial charge in [-0.05, 0) is 13.8 Å². The molecule has 100 valence electrons. The molecule has 0 unspecified atom stereocenters. The number of hydrogen-bond donors (Lipinski definition) is 1. The highest BCUT2D eigenvalue weighted by atomic mass is 16.5. The summed E-state index contributed by atoms with van der Waals surface area (Å²) >= 11 is 0. The van der Waals surface area contributed by atoms with Crippen LogP contribution in [0.5, 0.6) is 0 Å². The predicted molar refractivity (Wildman–Crippen MR) is 65.8 cm³/mol. The second-order valence-electron chi connectivity index (χ2n) is 5.26. The Labute approximate surface area is 103 Å². The number of nitrogens with zero attached hydrogens (tertiary/aromatic N) is 2. The minimum Gasteiger partial charge on any atom is -0.390 e. The first-order chi connectivity index (χ1) is 7.88. The van der Waals surface area contributed by atoms with Crippen molar-refractivity contribution in [2.75, 3.05) is 46.4 Å². The van der Waals surface area contributed by atoms with Crippen LogP contribution in [0.25, 0.3) is 0 Å². The molecule has 1 N–H and O–H groups in total. The van der Waals surface area contributed by atoms with Crippen LogP contribution in [0.2, 0.25) is 0 Å². The monoisotopic (exact) mass is 244 g/mol. The number of carbonyl (C=O) groups is 1. The van der Waals surface area contributed by atoms with Crippen molar-refractivity contribution >= 4 is 5.91 Å². The molecule has 1 aliphatic heterocycles. The van der Waals surface area contributed by atoms with Gasteiger partial charge in [0.2, 0.25) is 5.91 Å². The molecule has 0 saturated carbocycles. The van der Waals surface area contributed by atoms with E-state index < -0.39 is 5.60 Å². The maximum Gasteiger partial charge on any atom is 0.225 e. The first kappa shape index (κ1) is 14.4. The van der Waals surface area contributed by atoms with Crippen molar-refractivity contribution in [1.82, 2.24) is 9.80 Å². The van der Waals surface area contributed by atoms with Crippen molar-refractivity contribution in [2.45, 2.75) is 25.9 Å². The lowest BCUT2D eigenvalue weighted by Crippen LogP contribution is -2.43. The summed E-state index contributed by atoms with van der Waals surface area (Å²) in [6.45, 7) is 8.32. The Bertz CT molecular complexity index is 245. The average molecular weight is 244 g/mol. The fourth-order valence-electron chi connectivity index (χ4n) is 1.75. The molecule has 0 aliphatic carbocycles. The van der Waals surface area contributed by atoms with Crippen LogP contribution in [-0.2, 0) is 9.53 Å². The Kier molecular flexibility index (Phi) is 5.36. The zero-order valence-corrected chi connectivity index (χ0v) is 11.1. The topological polar surface area (TPSA) is 53.0 Å². The number of likely N-dealkylation sites (N-methyl/N-ethyl adjacent to an activating group) is 1. The van der Waals surface area contributed by atoms with Gasteiger partial charge in [0, 0.05) is 33.2 Å². The molecule has 1 amide bonds. The molecule has 1 saturated heterocycles. The van der Waals surface area contributed by atoms with Gasteiger partial charge in [0.25, 0.3) is 0 Å². The quantitative estimate of drug-likeness (QED) is 0.736. The molecule has 1 heterocycles. The number of carbonyl (C=O) groups excluding carboxylic acids is 1.